The van der Waals surface area contributed by atoms with E-state index in [9.17, 15) is 9.18 Å². The number of ketones is 1. The van der Waals surface area contributed by atoms with Crippen LogP contribution in [0.15, 0.2) is 18.2 Å². The lowest BCUT2D eigenvalue weighted by atomic mass is 10.0. The van der Waals surface area contributed by atoms with Crippen molar-refractivity contribution >= 4 is 17.4 Å². The quantitative estimate of drug-likeness (QED) is 0.880. The first kappa shape index (κ1) is 11.6. The van der Waals surface area contributed by atoms with Gasteiger partial charge in [0.15, 0.2) is 5.78 Å². The molecule has 2 rings (SSSR count). The van der Waals surface area contributed by atoms with E-state index in [1.54, 1.807) is 12.1 Å². The molecule has 0 aromatic heterocycles. The predicted molar refractivity (Wildman–Crippen MR) is 61.1 cm³/mol. The van der Waals surface area contributed by atoms with Crippen LogP contribution in [0.3, 0.4) is 0 Å². The van der Waals surface area contributed by atoms with Gasteiger partial charge in [-0.2, -0.15) is 0 Å². The molecule has 1 atom stereocenters. The summed E-state index contributed by atoms with van der Waals surface area (Å²) in [5.74, 6) is -0.378. The Morgan fingerprint density at radius 1 is 1.56 bits per heavy atom. The van der Waals surface area contributed by atoms with Gasteiger partial charge in [-0.1, -0.05) is 23.7 Å². The molecule has 1 aliphatic rings. The molecule has 0 amide bonds. The smallest absolute Gasteiger partial charge is 0.154 e. The van der Waals surface area contributed by atoms with Gasteiger partial charge in [-0.05, 0) is 31.0 Å². The average Bonchev–Trinajstić information content (AvgIpc) is 2.78. The summed E-state index contributed by atoms with van der Waals surface area (Å²) < 4.78 is 13.1. The van der Waals surface area contributed by atoms with Gasteiger partial charge >= 0.3 is 0 Å². The first-order valence-electron chi connectivity index (χ1n) is 5.37. The fourth-order valence-electron chi connectivity index (χ4n) is 1.96. The maximum absolute atomic E-state index is 13.1. The van der Waals surface area contributed by atoms with Gasteiger partial charge in [0.1, 0.15) is 5.82 Å². The van der Waals surface area contributed by atoms with Crippen molar-refractivity contribution in [2.45, 2.75) is 25.3 Å². The Morgan fingerprint density at radius 3 is 3.06 bits per heavy atom. The third kappa shape index (κ3) is 2.42. The van der Waals surface area contributed by atoms with Crippen molar-refractivity contribution in [3.05, 3.63) is 34.6 Å². The first-order valence-corrected chi connectivity index (χ1v) is 5.75. The molecule has 0 aliphatic carbocycles. The van der Waals surface area contributed by atoms with Crippen molar-refractivity contribution in [2.24, 2.45) is 0 Å². The van der Waals surface area contributed by atoms with Crippen LogP contribution in [0, 0.1) is 5.82 Å². The van der Waals surface area contributed by atoms with Crippen LogP contribution in [0.2, 0.25) is 5.02 Å². The van der Waals surface area contributed by atoms with E-state index in [4.69, 9.17) is 11.6 Å². The standard InChI is InChI=1S/C12H13ClFNO/c13-12-8(3-1-4-9(12)14)7-11(16)10-5-2-6-15-10/h1,3-4,10,15H,2,5-7H2. The van der Waals surface area contributed by atoms with E-state index in [1.165, 1.54) is 6.07 Å². The van der Waals surface area contributed by atoms with E-state index in [0.29, 0.717) is 5.56 Å². The van der Waals surface area contributed by atoms with Crippen LogP contribution in [0.4, 0.5) is 4.39 Å². The minimum atomic E-state index is -0.466. The highest BCUT2D eigenvalue weighted by Crippen LogP contribution is 2.21. The lowest BCUT2D eigenvalue weighted by Crippen LogP contribution is -2.31. The second-order valence-electron chi connectivity index (χ2n) is 4.00. The van der Waals surface area contributed by atoms with E-state index < -0.39 is 5.82 Å². The van der Waals surface area contributed by atoms with Gasteiger partial charge in [0.25, 0.3) is 0 Å². The summed E-state index contributed by atoms with van der Waals surface area (Å²) in [6.45, 7) is 0.882. The summed E-state index contributed by atoms with van der Waals surface area (Å²) in [4.78, 5) is 11.8. The Bertz CT molecular complexity index is 402. The summed E-state index contributed by atoms with van der Waals surface area (Å²) >= 11 is 5.80. The predicted octanol–water partition coefficient (Wildman–Crippen LogP) is 2.34. The lowest BCUT2D eigenvalue weighted by Gasteiger charge is -2.09. The van der Waals surface area contributed by atoms with Crippen LogP contribution in [0.5, 0.6) is 0 Å². The number of nitrogens with one attached hydrogen (secondary N) is 1. The SMILES string of the molecule is O=C(Cc1cccc(F)c1Cl)C1CCCN1. The summed E-state index contributed by atoms with van der Waals surface area (Å²) in [6, 6.07) is 4.48. The second kappa shape index (κ2) is 4.93. The van der Waals surface area contributed by atoms with Gasteiger partial charge in [0.2, 0.25) is 0 Å². The molecule has 1 saturated heterocycles. The van der Waals surface area contributed by atoms with Crippen LogP contribution in [0.1, 0.15) is 18.4 Å². The number of carbonyl (C=O) groups excluding carboxylic acids is 1. The fourth-order valence-corrected chi connectivity index (χ4v) is 2.15. The second-order valence-corrected chi connectivity index (χ2v) is 4.38. The first-order chi connectivity index (χ1) is 7.68. The zero-order valence-electron chi connectivity index (χ0n) is 8.80. The minimum Gasteiger partial charge on any atom is -0.307 e. The van der Waals surface area contributed by atoms with Crippen molar-refractivity contribution in [1.82, 2.24) is 5.32 Å². The van der Waals surface area contributed by atoms with Crippen LogP contribution in [0.25, 0.3) is 0 Å². The van der Waals surface area contributed by atoms with E-state index >= 15 is 0 Å². The van der Waals surface area contributed by atoms with Crippen LogP contribution < -0.4 is 5.32 Å². The molecule has 1 aromatic rings. The van der Waals surface area contributed by atoms with Crippen molar-refractivity contribution in [3.63, 3.8) is 0 Å². The molecule has 0 saturated carbocycles. The van der Waals surface area contributed by atoms with Crippen molar-refractivity contribution < 1.29 is 9.18 Å². The van der Waals surface area contributed by atoms with Gasteiger partial charge in [-0.3, -0.25) is 4.79 Å². The molecule has 0 bridgehead atoms. The van der Waals surface area contributed by atoms with Crippen molar-refractivity contribution in [3.8, 4) is 0 Å². The molecule has 16 heavy (non-hydrogen) atoms. The molecule has 0 radical (unpaired) electrons. The molecule has 1 heterocycles. The maximum Gasteiger partial charge on any atom is 0.154 e. The van der Waals surface area contributed by atoms with Gasteiger partial charge < -0.3 is 5.32 Å². The summed E-state index contributed by atoms with van der Waals surface area (Å²) in [6.07, 6.45) is 2.09. The number of halogens is 2. The molecule has 2 nitrogen and oxygen atoms in total. The van der Waals surface area contributed by atoms with Crippen LogP contribution in [-0.4, -0.2) is 18.4 Å². The number of hydrogen-bond donors (Lipinski definition) is 1. The molecule has 1 N–H and O–H groups in total. The highest BCUT2D eigenvalue weighted by atomic mass is 35.5. The Morgan fingerprint density at radius 2 is 2.38 bits per heavy atom. The molecule has 4 heteroatoms. The van der Waals surface area contributed by atoms with Gasteiger partial charge in [0.05, 0.1) is 11.1 Å². The van der Waals surface area contributed by atoms with E-state index in [0.717, 1.165) is 19.4 Å². The Hall–Kier alpha value is -0.930. The zero-order valence-corrected chi connectivity index (χ0v) is 9.56. The van der Waals surface area contributed by atoms with Crippen LogP contribution >= 0.6 is 11.6 Å². The number of Topliss-reactive ketones (excluding diaryl/α,β-unsaturated/α-hetero) is 1. The van der Waals surface area contributed by atoms with E-state index in [-0.39, 0.29) is 23.3 Å². The summed E-state index contributed by atoms with van der Waals surface area (Å²) in [5.41, 5.74) is 0.570. The summed E-state index contributed by atoms with van der Waals surface area (Å²) in [5, 5.41) is 3.19. The Balaban J connectivity index is 2.08. The minimum absolute atomic E-state index is 0.0637. The molecular weight excluding hydrogens is 229 g/mol. The number of benzene rings is 1. The monoisotopic (exact) mass is 241 g/mol. The number of hydrogen-bond acceptors (Lipinski definition) is 2. The maximum atomic E-state index is 13.1. The lowest BCUT2D eigenvalue weighted by molar-refractivity contribution is -0.120. The largest absolute Gasteiger partial charge is 0.307 e. The zero-order chi connectivity index (χ0) is 11.5. The molecule has 0 spiro atoms. The summed E-state index contributed by atoms with van der Waals surface area (Å²) in [7, 11) is 0. The number of rotatable bonds is 3. The molecule has 1 unspecified atom stereocenters. The molecule has 1 aliphatic heterocycles. The highest BCUT2D eigenvalue weighted by molar-refractivity contribution is 6.31. The molecule has 1 fully saturated rings. The highest BCUT2D eigenvalue weighted by Gasteiger charge is 2.22. The van der Waals surface area contributed by atoms with Crippen molar-refractivity contribution in [1.29, 1.82) is 0 Å². The van der Waals surface area contributed by atoms with Gasteiger partial charge in [-0.25, -0.2) is 4.39 Å². The average molecular weight is 242 g/mol. The molecular formula is C12H13ClFNO. The van der Waals surface area contributed by atoms with Gasteiger partial charge in [-0.15, -0.1) is 0 Å². The molecule has 86 valence electrons. The number of carbonyl (C=O) groups is 1. The van der Waals surface area contributed by atoms with E-state index in [2.05, 4.69) is 5.32 Å². The van der Waals surface area contributed by atoms with Crippen molar-refractivity contribution in [2.75, 3.05) is 6.54 Å². The molecule has 1 aromatic carbocycles. The van der Waals surface area contributed by atoms with Crippen LogP contribution in [-0.2, 0) is 11.2 Å². The fraction of sp³-hybridized carbons (Fsp3) is 0.417. The van der Waals surface area contributed by atoms with E-state index in [1.807, 2.05) is 0 Å². The third-order valence-electron chi connectivity index (χ3n) is 2.85. The normalized spacial score (nSPS) is 20.0. The third-order valence-corrected chi connectivity index (χ3v) is 3.27. The van der Waals surface area contributed by atoms with Gasteiger partial charge in [0, 0.05) is 6.42 Å². The Kier molecular flexibility index (Phi) is 3.56. The Labute approximate surface area is 98.8 Å². The topological polar surface area (TPSA) is 29.1 Å².